The Morgan fingerprint density at radius 2 is 2.13 bits per heavy atom. The highest BCUT2D eigenvalue weighted by Gasteiger charge is 2.44. The molecule has 1 aliphatic rings. The molecule has 0 aromatic heterocycles. The Kier molecular flexibility index (Phi) is 3.05. The SMILES string of the molecule is CCCOC(=O)[C@@H]1C[C@H]1c1ccccc1. The molecule has 1 aromatic rings. The topological polar surface area (TPSA) is 26.3 Å². The normalized spacial score (nSPS) is 23.5. The molecule has 0 heterocycles. The summed E-state index contributed by atoms with van der Waals surface area (Å²) in [6.07, 6.45) is 1.85. The predicted molar refractivity (Wildman–Crippen MR) is 58.5 cm³/mol. The maximum atomic E-state index is 11.5. The number of hydrogen-bond acceptors (Lipinski definition) is 2. The Morgan fingerprint density at radius 1 is 1.40 bits per heavy atom. The monoisotopic (exact) mass is 204 g/mol. The average Bonchev–Trinajstić information content (AvgIpc) is 3.07. The summed E-state index contributed by atoms with van der Waals surface area (Å²) in [5, 5.41) is 0. The molecule has 1 saturated carbocycles. The van der Waals surface area contributed by atoms with Gasteiger partial charge in [-0.3, -0.25) is 4.79 Å². The van der Waals surface area contributed by atoms with Crippen LogP contribution in [0.1, 0.15) is 31.2 Å². The Morgan fingerprint density at radius 3 is 2.80 bits per heavy atom. The van der Waals surface area contributed by atoms with Gasteiger partial charge in [-0.25, -0.2) is 0 Å². The molecule has 0 amide bonds. The number of ether oxygens (including phenoxy) is 1. The van der Waals surface area contributed by atoms with Crippen molar-refractivity contribution in [2.75, 3.05) is 6.61 Å². The van der Waals surface area contributed by atoms with Crippen LogP contribution in [0, 0.1) is 5.92 Å². The lowest BCUT2D eigenvalue weighted by molar-refractivity contribution is -0.145. The highest BCUT2D eigenvalue weighted by Crippen LogP contribution is 2.47. The smallest absolute Gasteiger partial charge is 0.309 e. The van der Waals surface area contributed by atoms with E-state index in [1.165, 1.54) is 5.56 Å². The molecule has 1 fully saturated rings. The van der Waals surface area contributed by atoms with Crippen LogP contribution in [0.3, 0.4) is 0 Å². The van der Waals surface area contributed by atoms with Crippen molar-refractivity contribution in [3.05, 3.63) is 35.9 Å². The van der Waals surface area contributed by atoms with Gasteiger partial charge >= 0.3 is 5.97 Å². The van der Waals surface area contributed by atoms with Crippen LogP contribution in [0.5, 0.6) is 0 Å². The van der Waals surface area contributed by atoms with Gasteiger partial charge in [-0.1, -0.05) is 37.3 Å². The third-order valence-electron chi connectivity index (χ3n) is 2.77. The van der Waals surface area contributed by atoms with Crippen LogP contribution < -0.4 is 0 Å². The lowest BCUT2D eigenvalue weighted by atomic mass is 10.1. The first-order chi connectivity index (χ1) is 7.33. The van der Waals surface area contributed by atoms with Crippen molar-refractivity contribution in [3.63, 3.8) is 0 Å². The fraction of sp³-hybridized carbons (Fsp3) is 0.462. The minimum Gasteiger partial charge on any atom is -0.465 e. The summed E-state index contributed by atoms with van der Waals surface area (Å²) in [4.78, 5) is 11.5. The number of carbonyl (C=O) groups excluding carboxylic acids is 1. The molecule has 1 aromatic carbocycles. The molecule has 0 N–H and O–H groups in total. The van der Waals surface area contributed by atoms with E-state index in [2.05, 4.69) is 12.1 Å². The molecule has 0 unspecified atom stereocenters. The standard InChI is InChI=1S/C13H16O2/c1-2-8-15-13(14)12-9-11(12)10-6-4-3-5-7-10/h3-7,11-12H,2,8-9H2,1H3/t11-,12+/m0/s1. The zero-order valence-corrected chi connectivity index (χ0v) is 8.98. The highest BCUT2D eigenvalue weighted by atomic mass is 16.5. The first kappa shape index (κ1) is 10.2. The lowest BCUT2D eigenvalue weighted by Gasteiger charge is -2.02. The van der Waals surface area contributed by atoms with Crippen LogP contribution in [0.4, 0.5) is 0 Å². The number of carbonyl (C=O) groups is 1. The van der Waals surface area contributed by atoms with E-state index in [0.717, 1.165) is 12.8 Å². The number of hydrogen-bond donors (Lipinski definition) is 0. The van der Waals surface area contributed by atoms with E-state index in [1.807, 2.05) is 25.1 Å². The van der Waals surface area contributed by atoms with Crippen molar-refractivity contribution in [1.29, 1.82) is 0 Å². The van der Waals surface area contributed by atoms with Gasteiger partial charge in [0.05, 0.1) is 12.5 Å². The van der Waals surface area contributed by atoms with Gasteiger partial charge in [0.1, 0.15) is 0 Å². The van der Waals surface area contributed by atoms with Gasteiger partial charge in [0, 0.05) is 0 Å². The third-order valence-corrected chi connectivity index (χ3v) is 2.77. The van der Waals surface area contributed by atoms with E-state index in [9.17, 15) is 4.79 Å². The summed E-state index contributed by atoms with van der Waals surface area (Å²) in [6, 6.07) is 10.2. The quantitative estimate of drug-likeness (QED) is 0.705. The van der Waals surface area contributed by atoms with E-state index < -0.39 is 0 Å². The molecule has 2 nitrogen and oxygen atoms in total. The molecule has 0 radical (unpaired) electrons. The second-order valence-electron chi connectivity index (χ2n) is 4.03. The van der Waals surface area contributed by atoms with E-state index in [1.54, 1.807) is 0 Å². The van der Waals surface area contributed by atoms with Crippen molar-refractivity contribution in [1.82, 2.24) is 0 Å². The summed E-state index contributed by atoms with van der Waals surface area (Å²) in [5.74, 6) is 0.486. The molecule has 0 spiro atoms. The number of rotatable bonds is 4. The fourth-order valence-electron chi connectivity index (χ4n) is 1.83. The second-order valence-corrected chi connectivity index (χ2v) is 4.03. The van der Waals surface area contributed by atoms with Gasteiger partial charge in [-0.15, -0.1) is 0 Å². The van der Waals surface area contributed by atoms with Gasteiger partial charge in [-0.05, 0) is 24.3 Å². The zero-order valence-electron chi connectivity index (χ0n) is 8.98. The summed E-state index contributed by atoms with van der Waals surface area (Å²) in [5.41, 5.74) is 1.26. The van der Waals surface area contributed by atoms with Crippen LogP contribution in [-0.4, -0.2) is 12.6 Å². The maximum Gasteiger partial charge on any atom is 0.309 e. The summed E-state index contributed by atoms with van der Waals surface area (Å²) >= 11 is 0. The molecule has 1 aliphatic carbocycles. The minimum atomic E-state index is -0.0225. The molecule has 0 saturated heterocycles. The number of esters is 1. The maximum absolute atomic E-state index is 11.5. The Bertz CT molecular complexity index is 332. The molecule has 0 aliphatic heterocycles. The predicted octanol–water partition coefficient (Wildman–Crippen LogP) is 2.74. The molecule has 15 heavy (non-hydrogen) atoms. The van der Waals surface area contributed by atoms with Gasteiger partial charge in [0.2, 0.25) is 0 Å². The van der Waals surface area contributed by atoms with Crippen LogP contribution in [0.15, 0.2) is 30.3 Å². The Balaban J connectivity index is 1.88. The second kappa shape index (κ2) is 4.47. The van der Waals surface area contributed by atoms with Crippen molar-refractivity contribution < 1.29 is 9.53 Å². The lowest BCUT2D eigenvalue weighted by Crippen LogP contribution is -2.08. The average molecular weight is 204 g/mol. The molecule has 2 heteroatoms. The van der Waals surface area contributed by atoms with E-state index >= 15 is 0 Å². The largest absolute Gasteiger partial charge is 0.465 e. The molecule has 0 bridgehead atoms. The summed E-state index contributed by atoms with van der Waals surface area (Å²) in [6.45, 7) is 2.56. The Labute approximate surface area is 90.3 Å². The zero-order chi connectivity index (χ0) is 10.7. The first-order valence-corrected chi connectivity index (χ1v) is 5.54. The molecule has 2 rings (SSSR count). The third kappa shape index (κ3) is 2.38. The van der Waals surface area contributed by atoms with E-state index in [-0.39, 0.29) is 11.9 Å². The molecule has 80 valence electrons. The van der Waals surface area contributed by atoms with E-state index in [4.69, 9.17) is 4.74 Å². The Hall–Kier alpha value is -1.31. The first-order valence-electron chi connectivity index (χ1n) is 5.54. The highest BCUT2D eigenvalue weighted by molar-refractivity contribution is 5.77. The summed E-state index contributed by atoms with van der Waals surface area (Å²) < 4.78 is 5.13. The van der Waals surface area contributed by atoms with Crippen molar-refractivity contribution in [2.45, 2.75) is 25.7 Å². The fourth-order valence-corrected chi connectivity index (χ4v) is 1.83. The van der Waals surface area contributed by atoms with E-state index in [0.29, 0.717) is 12.5 Å². The molecule has 2 atom stereocenters. The van der Waals surface area contributed by atoms with Gasteiger partial charge in [0.25, 0.3) is 0 Å². The van der Waals surface area contributed by atoms with Crippen LogP contribution in [0.2, 0.25) is 0 Å². The minimum absolute atomic E-state index is 0.0225. The van der Waals surface area contributed by atoms with Gasteiger partial charge < -0.3 is 4.74 Å². The van der Waals surface area contributed by atoms with Crippen LogP contribution in [-0.2, 0) is 9.53 Å². The number of benzene rings is 1. The summed E-state index contributed by atoms with van der Waals surface area (Å²) in [7, 11) is 0. The molecular formula is C13H16O2. The van der Waals surface area contributed by atoms with Gasteiger partial charge in [-0.2, -0.15) is 0 Å². The van der Waals surface area contributed by atoms with Crippen LogP contribution >= 0.6 is 0 Å². The van der Waals surface area contributed by atoms with Crippen molar-refractivity contribution >= 4 is 5.97 Å². The van der Waals surface area contributed by atoms with Crippen molar-refractivity contribution in [3.8, 4) is 0 Å². The molecular weight excluding hydrogens is 188 g/mol. The van der Waals surface area contributed by atoms with Crippen LogP contribution in [0.25, 0.3) is 0 Å². The van der Waals surface area contributed by atoms with Gasteiger partial charge in [0.15, 0.2) is 0 Å². The van der Waals surface area contributed by atoms with Crippen molar-refractivity contribution in [2.24, 2.45) is 5.92 Å².